The second kappa shape index (κ2) is 6.76. The second-order valence-electron chi connectivity index (χ2n) is 6.15. The lowest BCUT2D eigenvalue weighted by molar-refractivity contribution is -0.128. The summed E-state index contributed by atoms with van der Waals surface area (Å²) in [4.78, 5) is 26.3. The van der Waals surface area contributed by atoms with E-state index in [4.69, 9.17) is 0 Å². The molecule has 0 saturated carbocycles. The van der Waals surface area contributed by atoms with Gasteiger partial charge in [-0.2, -0.15) is 0 Å². The van der Waals surface area contributed by atoms with Crippen molar-refractivity contribution in [1.82, 2.24) is 14.5 Å². The van der Waals surface area contributed by atoms with Crippen molar-refractivity contribution >= 4 is 22.0 Å². The lowest BCUT2D eigenvalue weighted by Gasteiger charge is -2.32. The minimum atomic E-state index is -4.23. The fourth-order valence-electron chi connectivity index (χ4n) is 3.24. The van der Waals surface area contributed by atoms with E-state index in [1.807, 2.05) is 0 Å². The summed E-state index contributed by atoms with van der Waals surface area (Å²) in [5.74, 6) is -2.49. The van der Waals surface area contributed by atoms with Crippen LogP contribution >= 0.6 is 0 Å². The first-order chi connectivity index (χ1) is 12.2. The third-order valence-corrected chi connectivity index (χ3v) is 6.00. The minimum Gasteiger partial charge on any atom is -0.312 e. The van der Waals surface area contributed by atoms with E-state index in [0.29, 0.717) is 6.07 Å². The van der Waals surface area contributed by atoms with Crippen molar-refractivity contribution in [3.8, 4) is 0 Å². The highest BCUT2D eigenvalue weighted by Gasteiger charge is 2.47. The number of benzene rings is 1. The topological polar surface area (TPSA) is 86.8 Å². The molecule has 2 heterocycles. The molecule has 2 saturated heterocycles. The first-order valence-electron chi connectivity index (χ1n) is 7.95. The third-order valence-electron chi connectivity index (χ3n) is 4.45. The van der Waals surface area contributed by atoms with Crippen molar-refractivity contribution in [3.63, 3.8) is 0 Å². The number of nitrogens with zero attached hydrogens (tertiary/aromatic N) is 2. The van der Waals surface area contributed by atoms with Crippen LogP contribution in [0.1, 0.15) is 12.8 Å². The molecule has 10 heteroatoms. The summed E-state index contributed by atoms with van der Waals surface area (Å²) in [6.07, 6.45) is 1.80. The largest absolute Gasteiger partial charge is 0.327 e. The number of amides is 3. The number of hydrogen-bond donors (Lipinski definition) is 1. The number of carbonyl (C=O) groups is 2. The van der Waals surface area contributed by atoms with Gasteiger partial charge in [0.25, 0.3) is 5.91 Å². The molecule has 0 bridgehead atoms. The first kappa shape index (κ1) is 18.5. The van der Waals surface area contributed by atoms with Gasteiger partial charge < -0.3 is 4.90 Å². The molecule has 1 aromatic carbocycles. The van der Waals surface area contributed by atoms with Crippen molar-refractivity contribution in [3.05, 3.63) is 42.5 Å². The molecule has 3 amide bonds. The average Bonchev–Trinajstić information content (AvgIpc) is 2.79. The standard InChI is InChI=1S/C16H17F2N3O4S/c1-2-6-21-15(22)13-9-11(5-7-20(13)16(21)23)19-26(24,25)14-4-3-10(17)8-12(14)18/h2-4,8,11,13,19H,1,5-7,9H2. The number of piperidine rings is 1. The van der Waals surface area contributed by atoms with Crippen LogP contribution in [0.4, 0.5) is 13.6 Å². The third kappa shape index (κ3) is 3.21. The summed E-state index contributed by atoms with van der Waals surface area (Å²) in [6.45, 7) is 3.78. The van der Waals surface area contributed by atoms with Gasteiger partial charge in [-0.25, -0.2) is 26.7 Å². The number of sulfonamides is 1. The van der Waals surface area contributed by atoms with E-state index in [9.17, 15) is 26.8 Å². The van der Waals surface area contributed by atoms with E-state index in [-0.39, 0.29) is 25.9 Å². The summed E-state index contributed by atoms with van der Waals surface area (Å²) in [5.41, 5.74) is 0. The van der Waals surface area contributed by atoms with Crippen LogP contribution in [0.5, 0.6) is 0 Å². The van der Waals surface area contributed by atoms with E-state index in [2.05, 4.69) is 11.3 Å². The minimum absolute atomic E-state index is 0.0836. The van der Waals surface area contributed by atoms with Crippen LogP contribution in [0.15, 0.2) is 35.7 Å². The molecule has 26 heavy (non-hydrogen) atoms. The molecule has 2 unspecified atom stereocenters. The molecule has 2 atom stereocenters. The predicted molar refractivity (Wildman–Crippen MR) is 87.5 cm³/mol. The lowest BCUT2D eigenvalue weighted by Crippen LogP contribution is -2.49. The predicted octanol–water partition coefficient (Wildman–Crippen LogP) is 1.22. The first-order valence-corrected chi connectivity index (χ1v) is 9.43. The summed E-state index contributed by atoms with van der Waals surface area (Å²) in [6, 6.07) is 0.354. The van der Waals surface area contributed by atoms with Crippen LogP contribution in [0.2, 0.25) is 0 Å². The maximum absolute atomic E-state index is 13.8. The van der Waals surface area contributed by atoms with E-state index >= 15 is 0 Å². The van der Waals surface area contributed by atoms with Crippen molar-refractivity contribution in [2.75, 3.05) is 13.1 Å². The number of halogens is 2. The van der Waals surface area contributed by atoms with Gasteiger partial charge in [0.1, 0.15) is 22.6 Å². The Morgan fingerprint density at radius 2 is 2.04 bits per heavy atom. The molecule has 1 aromatic rings. The van der Waals surface area contributed by atoms with E-state index in [1.165, 1.54) is 11.0 Å². The Kier molecular flexibility index (Phi) is 4.80. The Hall–Kier alpha value is -2.33. The molecule has 7 nitrogen and oxygen atoms in total. The smallest absolute Gasteiger partial charge is 0.312 e. The molecule has 0 radical (unpaired) electrons. The monoisotopic (exact) mass is 385 g/mol. The Labute approximate surface area is 149 Å². The zero-order valence-corrected chi connectivity index (χ0v) is 14.5. The molecule has 1 N–H and O–H groups in total. The fraction of sp³-hybridized carbons (Fsp3) is 0.375. The Morgan fingerprint density at radius 1 is 1.31 bits per heavy atom. The second-order valence-corrected chi connectivity index (χ2v) is 7.83. The van der Waals surface area contributed by atoms with E-state index < -0.39 is 50.6 Å². The number of carbonyl (C=O) groups excluding carboxylic acids is 2. The SMILES string of the molecule is C=CCN1C(=O)C2CC(NS(=O)(=O)c3ccc(F)cc3F)CCN2C1=O. The molecule has 2 fully saturated rings. The van der Waals surface area contributed by atoms with Crippen LogP contribution in [-0.2, 0) is 14.8 Å². The van der Waals surface area contributed by atoms with Gasteiger partial charge in [-0.05, 0) is 25.0 Å². The molecule has 3 rings (SSSR count). The highest BCUT2D eigenvalue weighted by molar-refractivity contribution is 7.89. The van der Waals surface area contributed by atoms with Crippen molar-refractivity contribution in [1.29, 1.82) is 0 Å². The molecular weight excluding hydrogens is 368 g/mol. The van der Waals surface area contributed by atoms with Gasteiger partial charge in [-0.1, -0.05) is 6.08 Å². The molecule has 0 aromatic heterocycles. The van der Waals surface area contributed by atoms with Gasteiger partial charge in [0.05, 0.1) is 0 Å². The van der Waals surface area contributed by atoms with Gasteiger partial charge in [0.2, 0.25) is 10.0 Å². The van der Waals surface area contributed by atoms with Gasteiger partial charge in [-0.15, -0.1) is 6.58 Å². The maximum Gasteiger partial charge on any atom is 0.327 e. The Balaban J connectivity index is 1.76. The zero-order valence-electron chi connectivity index (χ0n) is 13.7. The van der Waals surface area contributed by atoms with Gasteiger partial charge >= 0.3 is 6.03 Å². The van der Waals surface area contributed by atoms with Crippen molar-refractivity contribution < 1.29 is 26.8 Å². The highest BCUT2D eigenvalue weighted by Crippen LogP contribution is 2.28. The van der Waals surface area contributed by atoms with Gasteiger partial charge in [0, 0.05) is 25.2 Å². The van der Waals surface area contributed by atoms with Crippen molar-refractivity contribution in [2.45, 2.75) is 29.8 Å². The molecule has 2 aliphatic heterocycles. The zero-order chi connectivity index (χ0) is 19.1. The number of urea groups is 1. The summed E-state index contributed by atoms with van der Waals surface area (Å²) < 4.78 is 53.9. The summed E-state index contributed by atoms with van der Waals surface area (Å²) in [5, 5.41) is 0. The number of rotatable bonds is 5. The van der Waals surface area contributed by atoms with E-state index in [1.54, 1.807) is 0 Å². The van der Waals surface area contributed by atoms with Gasteiger partial charge in [0.15, 0.2) is 0 Å². The van der Waals surface area contributed by atoms with Crippen LogP contribution in [0.3, 0.4) is 0 Å². The van der Waals surface area contributed by atoms with Crippen LogP contribution in [0, 0.1) is 11.6 Å². The van der Waals surface area contributed by atoms with Crippen LogP contribution < -0.4 is 4.72 Å². The highest BCUT2D eigenvalue weighted by atomic mass is 32.2. The number of fused-ring (bicyclic) bond motifs is 1. The number of imide groups is 1. The quantitative estimate of drug-likeness (QED) is 0.610. The maximum atomic E-state index is 13.8. The molecular formula is C16H17F2N3O4S. The van der Waals surface area contributed by atoms with Gasteiger partial charge in [-0.3, -0.25) is 9.69 Å². The Bertz CT molecular complexity index is 874. The molecule has 140 valence electrons. The van der Waals surface area contributed by atoms with Crippen LogP contribution in [0.25, 0.3) is 0 Å². The molecule has 0 aliphatic carbocycles. The number of hydrogen-bond acceptors (Lipinski definition) is 4. The summed E-state index contributed by atoms with van der Waals surface area (Å²) >= 11 is 0. The molecule has 2 aliphatic rings. The Morgan fingerprint density at radius 3 is 2.69 bits per heavy atom. The lowest BCUT2D eigenvalue weighted by atomic mass is 9.99. The normalized spacial score (nSPS) is 23.3. The van der Waals surface area contributed by atoms with E-state index in [0.717, 1.165) is 17.0 Å². The average molecular weight is 385 g/mol. The summed E-state index contributed by atoms with van der Waals surface area (Å²) in [7, 11) is -4.23. The number of nitrogens with one attached hydrogen (secondary N) is 1. The fourth-order valence-corrected chi connectivity index (χ4v) is 4.58. The van der Waals surface area contributed by atoms with Crippen molar-refractivity contribution in [2.24, 2.45) is 0 Å². The molecule has 0 spiro atoms. The van der Waals surface area contributed by atoms with Crippen LogP contribution in [-0.4, -0.2) is 55.3 Å².